The van der Waals surface area contributed by atoms with Gasteiger partial charge in [-0.05, 0) is 43.7 Å². The SMILES string of the molecule is CC/C=C/CC(=O)OC[N+]1(CCCOc2ccc(C(C)=O)cc2OC)CCC(c2noc3cc(F)ccc23)CC1.[CH3-]. The Kier molecular flexibility index (Phi) is 11.5. The average molecular weight is 569 g/mol. The number of carbonyl (C=O) groups excluding carboxylic acids is 2. The Morgan fingerprint density at radius 2 is 1.90 bits per heavy atom. The number of hydrogen-bond donors (Lipinski definition) is 0. The summed E-state index contributed by atoms with van der Waals surface area (Å²) in [7, 11) is 1.55. The van der Waals surface area contributed by atoms with Gasteiger partial charge in [-0.25, -0.2) is 4.39 Å². The lowest BCUT2D eigenvalue weighted by atomic mass is 9.90. The number of halogens is 1. The fourth-order valence-electron chi connectivity index (χ4n) is 5.23. The molecule has 3 aromatic rings. The minimum absolute atomic E-state index is 0. The number of hydrogen-bond acceptors (Lipinski definition) is 7. The average Bonchev–Trinajstić information content (AvgIpc) is 3.37. The third-order valence-electron chi connectivity index (χ3n) is 7.54. The lowest BCUT2D eigenvalue weighted by molar-refractivity contribution is -0.948. The van der Waals surface area contributed by atoms with Gasteiger partial charge in [0.1, 0.15) is 5.82 Å². The summed E-state index contributed by atoms with van der Waals surface area (Å²) in [6.07, 6.45) is 7.36. The van der Waals surface area contributed by atoms with Gasteiger partial charge in [-0.1, -0.05) is 24.2 Å². The second kappa shape index (κ2) is 14.8. The van der Waals surface area contributed by atoms with Crippen LogP contribution in [0.4, 0.5) is 4.39 Å². The molecule has 0 atom stereocenters. The van der Waals surface area contributed by atoms with E-state index in [0.717, 1.165) is 56.4 Å². The van der Waals surface area contributed by atoms with Gasteiger partial charge in [-0.2, -0.15) is 0 Å². The van der Waals surface area contributed by atoms with E-state index in [1.165, 1.54) is 19.1 Å². The topological polar surface area (TPSA) is 87.9 Å². The van der Waals surface area contributed by atoms with Crippen molar-refractivity contribution in [2.75, 3.05) is 40.1 Å². The molecule has 0 N–H and O–H groups in total. The Balaban J connectivity index is 0.00000462. The Morgan fingerprint density at radius 3 is 2.61 bits per heavy atom. The molecule has 8 nitrogen and oxygen atoms in total. The highest BCUT2D eigenvalue weighted by atomic mass is 19.1. The molecule has 0 amide bonds. The van der Waals surface area contributed by atoms with Crippen molar-refractivity contribution in [2.45, 2.75) is 51.9 Å². The molecular formula is C32H41FN2O6. The number of Topliss-reactive ketones (excluding diaryl/α,β-unsaturated/α-hetero) is 1. The zero-order valence-electron chi connectivity index (χ0n) is 24.5. The van der Waals surface area contributed by atoms with Crippen molar-refractivity contribution in [1.82, 2.24) is 5.16 Å². The number of nitrogens with zero attached hydrogens (tertiary/aromatic N) is 2. The van der Waals surface area contributed by atoms with Crippen LogP contribution in [-0.2, 0) is 9.53 Å². The highest BCUT2D eigenvalue weighted by Gasteiger charge is 2.37. The number of allylic oxidation sites excluding steroid dienone is 1. The van der Waals surface area contributed by atoms with Crippen molar-refractivity contribution in [3.63, 3.8) is 0 Å². The number of fused-ring (bicyclic) bond motifs is 1. The molecule has 1 fully saturated rings. The Hall–Kier alpha value is -3.72. The Bertz CT molecular complexity index is 1340. The van der Waals surface area contributed by atoms with E-state index in [2.05, 4.69) is 5.16 Å². The predicted octanol–water partition coefficient (Wildman–Crippen LogP) is 6.65. The molecule has 2 aromatic carbocycles. The third-order valence-corrected chi connectivity index (χ3v) is 7.54. The van der Waals surface area contributed by atoms with Crippen molar-refractivity contribution in [3.05, 3.63) is 73.1 Å². The number of quaternary nitrogens is 1. The number of esters is 1. The smallest absolute Gasteiger partial charge is 0.313 e. The molecule has 222 valence electrons. The van der Waals surface area contributed by atoms with E-state index < -0.39 is 0 Å². The summed E-state index contributed by atoms with van der Waals surface area (Å²) >= 11 is 0. The first-order valence-electron chi connectivity index (χ1n) is 13.9. The molecule has 1 aromatic heterocycles. The third kappa shape index (κ3) is 8.16. The largest absolute Gasteiger partial charge is 0.493 e. The molecule has 0 spiro atoms. The van der Waals surface area contributed by atoms with Crippen LogP contribution in [-0.4, -0.2) is 61.5 Å². The molecule has 0 bridgehead atoms. The number of piperidine rings is 1. The van der Waals surface area contributed by atoms with Crippen molar-refractivity contribution < 1.29 is 37.2 Å². The number of benzene rings is 2. The first kappa shape index (κ1) is 31.8. The van der Waals surface area contributed by atoms with E-state index >= 15 is 0 Å². The molecule has 2 heterocycles. The fraction of sp³-hybridized carbons (Fsp3) is 0.438. The molecule has 0 radical (unpaired) electrons. The minimum atomic E-state index is -0.347. The van der Waals surface area contributed by atoms with E-state index in [4.69, 9.17) is 18.7 Å². The van der Waals surface area contributed by atoms with Gasteiger partial charge < -0.3 is 26.2 Å². The van der Waals surface area contributed by atoms with Gasteiger partial charge >= 0.3 is 5.97 Å². The summed E-state index contributed by atoms with van der Waals surface area (Å²) < 4.78 is 36.8. The quantitative estimate of drug-likeness (QED) is 0.0570. The van der Waals surface area contributed by atoms with Gasteiger partial charge in [0.2, 0.25) is 6.73 Å². The molecule has 41 heavy (non-hydrogen) atoms. The monoisotopic (exact) mass is 568 g/mol. The number of carbonyl (C=O) groups is 2. The van der Waals surface area contributed by atoms with Crippen molar-refractivity contribution in [2.24, 2.45) is 0 Å². The second-order valence-electron chi connectivity index (χ2n) is 10.3. The second-order valence-corrected chi connectivity index (χ2v) is 10.3. The molecule has 1 aliphatic heterocycles. The predicted molar refractivity (Wildman–Crippen MR) is 155 cm³/mol. The minimum Gasteiger partial charge on any atom is -0.493 e. The van der Waals surface area contributed by atoms with Gasteiger partial charge in [0.25, 0.3) is 0 Å². The number of rotatable bonds is 13. The van der Waals surface area contributed by atoms with E-state index in [1.807, 2.05) is 19.1 Å². The molecule has 0 saturated carbocycles. The van der Waals surface area contributed by atoms with Gasteiger partial charge in [-0.15, -0.1) is 0 Å². The van der Waals surface area contributed by atoms with Crippen LogP contribution in [0, 0.1) is 13.2 Å². The molecule has 4 rings (SSSR count). The maximum Gasteiger partial charge on any atom is 0.313 e. The summed E-state index contributed by atoms with van der Waals surface area (Å²) in [6, 6.07) is 9.70. The van der Waals surface area contributed by atoms with E-state index in [-0.39, 0.29) is 37.3 Å². The molecule has 1 aliphatic rings. The highest BCUT2D eigenvalue weighted by molar-refractivity contribution is 5.94. The first-order valence-corrected chi connectivity index (χ1v) is 13.9. The summed E-state index contributed by atoms with van der Waals surface area (Å²) in [6.45, 7) is 6.65. The molecule has 0 aliphatic carbocycles. The number of ether oxygens (including phenoxy) is 3. The van der Waals surface area contributed by atoms with E-state index in [1.54, 1.807) is 31.4 Å². The normalized spacial score (nSPS) is 18.7. The van der Waals surface area contributed by atoms with Crippen LogP contribution in [0.3, 0.4) is 0 Å². The van der Waals surface area contributed by atoms with Gasteiger partial charge in [0.15, 0.2) is 22.9 Å². The van der Waals surface area contributed by atoms with Gasteiger partial charge in [0, 0.05) is 42.2 Å². The maximum atomic E-state index is 13.6. The number of ketones is 1. The van der Waals surface area contributed by atoms with Crippen LogP contribution in [0.5, 0.6) is 11.5 Å². The zero-order chi connectivity index (χ0) is 28.5. The summed E-state index contributed by atoms with van der Waals surface area (Å²) in [4.78, 5) is 24.1. The number of methoxy groups -OCH3 is 1. The van der Waals surface area contributed by atoms with E-state index in [9.17, 15) is 14.0 Å². The standard InChI is InChI=1S/C31H38FN2O6.CH3/c1-4-5-6-8-30(36)39-21-34(15-7-18-38-27-12-9-24(22(2)35)19-29(27)37-3)16-13-23(14-17-34)31-26-11-10-25(32)20-28(26)40-33-31;/h5-6,9-12,19-20,23H,4,7-8,13-18,21H2,1-3H3;1H3/q+1;-1/b6-5+;. The van der Waals surface area contributed by atoms with Crippen LogP contribution >= 0.6 is 0 Å². The van der Waals surface area contributed by atoms with Crippen molar-refractivity contribution in [1.29, 1.82) is 0 Å². The van der Waals surface area contributed by atoms with Gasteiger partial charge in [-0.3, -0.25) is 14.1 Å². The van der Waals surface area contributed by atoms with Crippen LogP contribution in [0.1, 0.15) is 67.9 Å². The van der Waals surface area contributed by atoms with Crippen LogP contribution < -0.4 is 9.47 Å². The first-order chi connectivity index (χ1) is 19.3. The fourth-order valence-corrected chi connectivity index (χ4v) is 5.23. The van der Waals surface area contributed by atoms with Crippen molar-refractivity contribution >= 4 is 22.7 Å². The van der Waals surface area contributed by atoms with Crippen molar-refractivity contribution in [3.8, 4) is 11.5 Å². The summed E-state index contributed by atoms with van der Waals surface area (Å²) in [5.74, 6) is 0.666. The van der Waals surface area contributed by atoms with Crippen LogP contribution in [0.2, 0.25) is 0 Å². The number of likely N-dealkylation sites (tertiary alicyclic amines) is 1. The lowest BCUT2D eigenvalue weighted by Crippen LogP contribution is -2.55. The summed E-state index contributed by atoms with van der Waals surface area (Å²) in [5, 5.41) is 5.12. The number of aromatic nitrogens is 1. The Labute approximate surface area is 241 Å². The molecule has 9 heteroatoms. The van der Waals surface area contributed by atoms with Crippen LogP contribution in [0.15, 0.2) is 53.1 Å². The Morgan fingerprint density at radius 1 is 1.12 bits per heavy atom. The maximum absolute atomic E-state index is 13.6. The summed E-state index contributed by atoms with van der Waals surface area (Å²) in [5.41, 5.74) is 1.88. The molecule has 1 saturated heterocycles. The lowest BCUT2D eigenvalue weighted by Gasteiger charge is -2.42. The van der Waals surface area contributed by atoms with Gasteiger partial charge in [0.05, 0.1) is 45.5 Å². The molecule has 0 unspecified atom stereocenters. The zero-order valence-corrected chi connectivity index (χ0v) is 24.5. The van der Waals surface area contributed by atoms with E-state index in [0.29, 0.717) is 40.5 Å². The van der Waals surface area contributed by atoms with Crippen LogP contribution in [0.25, 0.3) is 11.0 Å². The molecular weight excluding hydrogens is 527 g/mol. The highest BCUT2D eigenvalue weighted by Crippen LogP contribution is 2.35.